The van der Waals surface area contributed by atoms with Crippen LogP contribution < -0.4 is 5.32 Å². The molecule has 0 aromatic rings. The van der Waals surface area contributed by atoms with Gasteiger partial charge in [-0.1, -0.05) is 25.7 Å². The summed E-state index contributed by atoms with van der Waals surface area (Å²) in [4.78, 5) is 11.3. The van der Waals surface area contributed by atoms with E-state index in [1.807, 2.05) is 13.8 Å². The van der Waals surface area contributed by atoms with E-state index in [0.29, 0.717) is 18.4 Å². The molecule has 1 saturated carbocycles. The summed E-state index contributed by atoms with van der Waals surface area (Å²) in [5.41, 5.74) is 0. The van der Waals surface area contributed by atoms with Crippen LogP contribution in [-0.2, 0) is 4.79 Å². The fourth-order valence-corrected chi connectivity index (χ4v) is 1.97. The van der Waals surface area contributed by atoms with Gasteiger partial charge in [-0.15, -0.1) is 5.92 Å². The van der Waals surface area contributed by atoms with Crippen molar-refractivity contribution in [2.24, 2.45) is 5.92 Å². The van der Waals surface area contributed by atoms with Crippen molar-refractivity contribution >= 4 is 5.91 Å². The van der Waals surface area contributed by atoms with Crippen molar-refractivity contribution in [1.29, 1.82) is 0 Å². The maximum absolute atomic E-state index is 11.3. The largest absolute Gasteiger partial charge is 0.352 e. The van der Waals surface area contributed by atoms with E-state index >= 15 is 0 Å². The topological polar surface area (TPSA) is 29.1 Å². The van der Waals surface area contributed by atoms with E-state index in [1.54, 1.807) is 0 Å². The summed E-state index contributed by atoms with van der Waals surface area (Å²) in [7, 11) is 0. The minimum absolute atomic E-state index is 0.153. The average Bonchev–Trinajstić information content (AvgIpc) is 2.21. The second-order valence-corrected chi connectivity index (χ2v) is 3.81. The molecule has 2 unspecified atom stereocenters. The van der Waals surface area contributed by atoms with Gasteiger partial charge in [0.1, 0.15) is 0 Å². The van der Waals surface area contributed by atoms with E-state index in [2.05, 4.69) is 17.2 Å². The summed E-state index contributed by atoms with van der Waals surface area (Å²) >= 11 is 0. The lowest BCUT2D eigenvalue weighted by Gasteiger charge is -2.28. The predicted molar refractivity (Wildman–Crippen MR) is 57.6 cm³/mol. The smallest absolute Gasteiger partial charge is 0.219 e. The number of rotatable bonds is 2. The van der Waals surface area contributed by atoms with Crippen molar-refractivity contribution < 1.29 is 4.79 Å². The minimum Gasteiger partial charge on any atom is -0.352 e. The van der Waals surface area contributed by atoms with Gasteiger partial charge in [-0.2, -0.15) is 0 Å². The van der Waals surface area contributed by atoms with Crippen LogP contribution in [-0.4, -0.2) is 11.9 Å². The highest BCUT2D eigenvalue weighted by Gasteiger charge is 2.24. The Morgan fingerprint density at radius 2 is 2.14 bits per heavy atom. The van der Waals surface area contributed by atoms with Gasteiger partial charge in [-0.05, 0) is 19.8 Å². The quantitative estimate of drug-likeness (QED) is 0.668. The third kappa shape index (κ3) is 3.06. The fraction of sp³-hybridized carbons (Fsp3) is 0.750. The summed E-state index contributed by atoms with van der Waals surface area (Å²) in [6, 6.07) is 0.295. The number of carbonyl (C=O) groups is 1. The molecular formula is C12H19NO. The molecule has 1 fully saturated rings. The number of hydrogen-bond donors (Lipinski definition) is 1. The summed E-state index contributed by atoms with van der Waals surface area (Å²) in [6.45, 7) is 3.76. The molecule has 0 aliphatic heterocycles. The van der Waals surface area contributed by atoms with Crippen molar-refractivity contribution in [3.63, 3.8) is 0 Å². The molecule has 1 aliphatic carbocycles. The standard InChI is InChI=1S/C12H19NO/c1-3-7-10-8-5-6-9-11(10)13-12(14)4-2/h10-11H,4-6,8-9H2,1-2H3,(H,13,14). The first-order valence-corrected chi connectivity index (χ1v) is 5.49. The second kappa shape index (κ2) is 5.70. The number of carbonyl (C=O) groups excluding carboxylic acids is 1. The number of amides is 1. The van der Waals surface area contributed by atoms with Crippen LogP contribution in [0.15, 0.2) is 0 Å². The molecule has 0 radical (unpaired) electrons. The van der Waals surface area contributed by atoms with Gasteiger partial charge in [0.15, 0.2) is 0 Å². The first kappa shape index (κ1) is 11.1. The van der Waals surface area contributed by atoms with Crippen molar-refractivity contribution in [1.82, 2.24) is 5.32 Å². The SMILES string of the molecule is CC#CC1CCCCC1NC(=O)CC. The van der Waals surface area contributed by atoms with Crippen LogP contribution in [0.2, 0.25) is 0 Å². The van der Waals surface area contributed by atoms with E-state index in [9.17, 15) is 4.79 Å². The Labute approximate surface area is 86.5 Å². The molecule has 2 nitrogen and oxygen atoms in total. The molecule has 2 heteroatoms. The Morgan fingerprint density at radius 1 is 1.43 bits per heavy atom. The molecule has 1 amide bonds. The number of hydrogen-bond acceptors (Lipinski definition) is 1. The molecule has 0 heterocycles. The molecule has 0 bridgehead atoms. The van der Waals surface area contributed by atoms with Crippen LogP contribution in [0.4, 0.5) is 0 Å². The first-order chi connectivity index (χ1) is 6.77. The molecule has 0 saturated heterocycles. The molecule has 1 aliphatic rings. The monoisotopic (exact) mass is 193 g/mol. The van der Waals surface area contributed by atoms with Crippen molar-refractivity contribution in [2.45, 2.75) is 52.0 Å². The highest BCUT2D eigenvalue weighted by molar-refractivity contribution is 5.75. The molecule has 14 heavy (non-hydrogen) atoms. The third-order valence-corrected chi connectivity index (χ3v) is 2.76. The molecular weight excluding hydrogens is 174 g/mol. The minimum atomic E-state index is 0.153. The lowest BCUT2D eigenvalue weighted by atomic mass is 9.85. The zero-order valence-corrected chi connectivity index (χ0v) is 9.10. The molecule has 0 aromatic heterocycles. The maximum Gasteiger partial charge on any atom is 0.219 e. The van der Waals surface area contributed by atoms with Crippen molar-refractivity contribution in [2.75, 3.05) is 0 Å². The fourth-order valence-electron chi connectivity index (χ4n) is 1.97. The molecule has 1 N–H and O–H groups in total. The summed E-state index contributed by atoms with van der Waals surface area (Å²) in [5.74, 6) is 6.69. The zero-order valence-electron chi connectivity index (χ0n) is 9.10. The molecule has 2 atom stereocenters. The van der Waals surface area contributed by atoms with Crippen LogP contribution in [0.25, 0.3) is 0 Å². The predicted octanol–water partition coefficient (Wildman–Crippen LogP) is 2.09. The Morgan fingerprint density at radius 3 is 2.79 bits per heavy atom. The van der Waals surface area contributed by atoms with Gasteiger partial charge >= 0.3 is 0 Å². The van der Waals surface area contributed by atoms with Crippen LogP contribution in [0.5, 0.6) is 0 Å². The lowest BCUT2D eigenvalue weighted by molar-refractivity contribution is -0.121. The molecule has 0 spiro atoms. The van der Waals surface area contributed by atoms with E-state index < -0.39 is 0 Å². The van der Waals surface area contributed by atoms with Crippen LogP contribution in [0.3, 0.4) is 0 Å². The van der Waals surface area contributed by atoms with Crippen LogP contribution in [0, 0.1) is 17.8 Å². The Hall–Kier alpha value is -0.970. The van der Waals surface area contributed by atoms with E-state index in [0.717, 1.165) is 12.8 Å². The Bertz CT molecular complexity index is 249. The van der Waals surface area contributed by atoms with Gasteiger partial charge < -0.3 is 5.32 Å². The second-order valence-electron chi connectivity index (χ2n) is 3.81. The van der Waals surface area contributed by atoms with Crippen LogP contribution in [0.1, 0.15) is 46.0 Å². The third-order valence-electron chi connectivity index (χ3n) is 2.76. The van der Waals surface area contributed by atoms with Gasteiger partial charge in [0.25, 0.3) is 0 Å². The zero-order chi connectivity index (χ0) is 10.4. The van der Waals surface area contributed by atoms with E-state index in [1.165, 1.54) is 12.8 Å². The van der Waals surface area contributed by atoms with Gasteiger partial charge in [-0.25, -0.2) is 0 Å². The summed E-state index contributed by atoms with van der Waals surface area (Å²) in [6.07, 6.45) is 5.26. The highest BCUT2D eigenvalue weighted by atomic mass is 16.1. The van der Waals surface area contributed by atoms with E-state index in [-0.39, 0.29) is 5.91 Å². The summed E-state index contributed by atoms with van der Waals surface area (Å²) < 4.78 is 0. The van der Waals surface area contributed by atoms with Crippen molar-refractivity contribution in [3.8, 4) is 11.8 Å². The van der Waals surface area contributed by atoms with Gasteiger partial charge in [0.05, 0.1) is 0 Å². The molecule has 78 valence electrons. The average molecular weight is 193 g/mol. The normalized spacial score (nSPS) is 26.1. The molecule has 1 rings (SSSR count). The van der Waals surface area contributed by atoms with Gasteiger partial charge in [-0.3, -0.25) is 4.79 Å². The highest BCUT2D eigenvalue weighted by Crippen LogP contribution is 2.23. The number of nitrogens with one attached hydrogen (secondary N) is 1. The van der Waals surface area contributed by atoms with E-state index in [4.69, 9.17) is 0 Å². The Kier molecular flexibility index (Phi) is 4.52. The summed E-state index contributed by atoms with van der Waals surface area (Å²) in [5, 5.41) is 3.06. The van der Waals surface area contributed by atoms with Gasteiger partial charge in [0.2, 0.25) is 5.91 Å². The Balaban J connectivity index is 2.52. The van der Waals surface area contributed by atoms with Crippen LogP contribution >= 0.6 is 0 Å². The van der Waals surface area contributed by atoms with Gasteiger partial charge in [0, 0.05) is 18.4 Å². The van der Waals surface area contributed by atoms with Crippen molar-refractivity contribution in [3.05, 3.63) is 0 Å². The maximum atomic E-state index is 11.3. The molecule has 0 aromatic carbocycles. The first-order valence-electron chi connectivity index (χ1n) is 5.49. The lowest BCUT2D eigenvalue weighted by Crippen LogP contribution is -2.41.